The van der Waals surface area contributed by atoms with Gasteiger partial charge in [-0.25, -0.2) is 8.42 Å². The molecule has 3 atom stereocenters. The minimum Gasteiger partial charge on any atom is -0.384 e. The first-order valence-corrected chi connectivity index (χ1v) is 11.0. The summed E-state index contributed by atoms with van der Waals surface area (Å²) in [7, 11) is -1.68. The summed E-state index contributed by atoms with van der Waals surface area (Å²) in [5, 5.41) is 0. The summed E-state index contributed by atoms with van der Waals surface area (Å²) in [4.78, 5) is 2.59. The Kier molecular flexibility index (Phi) is 4.88. The number of hydrogen-bond donors (Lipinski definition) is 0. The van der Waals surface area contributed by atoms with Crippen LogP contribution in [0.15, 0.2) is 24.3 Å². The topological polar surface area (TPSA) is 49.9 Å². The monoisotopic (exact) mass is 364 g/mol. The Hall–Kier alpha value is -0.950. The lowest BCUT2D eigenvalue weighted by Gasteiger charge is -2.51. The van der Waals surface area contributed by atoms with Crippen LogP contribution in [-0.4, -0.2) is 62.8 Å². The molecule has 0 spiro atoms. The molecule has 3 aliphatic heterocycles. The lowest BCUT2D eigenvalue weighted by atomic mass is 9.77. The van der Waals surface area contributed by atoms with Crippen molar-refractivity contribution in [3.8, 4) is 0 Å². The molecule has 1 aromatic rings. The molecule has 0 aliphatic carbocycles. The van der Waals surface area contributed by atoms with E-state index in [2.05, 4.69) is 29.2 Å². The van der Waals surface area contributed by atoms with Crippen LogP contribution >= 0.6 is 0 Å². The summed E-state index contributed by atoms with van der Waals surface area (Å²) in [6.07, 6.45) is 4.15. The highest BCUT2D eigenvalue weighted by Crippen LogP contribution is 2.43. The van der Waals surface area contributed by atoms with Crippen LogP contribution in [0.3, 0.4) is 0 Å². The van der Waals surface area contributed by atoms with Crippen LogP contribution in [0.5, 0.6) is 0 Å². The predicted molar refractivity (Wildman–Crippen MR) is 98.0 cm³/mol. The summed E-state index contributed by atoms with van der Waals surface area (Å²) in [5.41, 5.74) is 2.85. The van der Waals surface area contributed by atoms with E-state index in [1.165, 1.54) is 11.1 Å². The molecule has 5 nitrogen and oxygen atoms in total. The van der Waals surface area contributed by atoms with Gasteiger partial charge in [0.1, 0.15) is 0 Å². The van der Waals surface area contributed by atoms with Gasteiger partial charge >= 0.3 is 0 Å². The van der Waals surface area contributed by atoms with E-state index in [1.54, 1.807) is 7.11 Å². The second-order valence-corrected chi connectivity index (χ2v) is 9.63. The molecule has 0 aromatic heterocycles. The highest BCUT2D eigenvalue weighted by molar-refractivity contribution is 7.89. The quantitative estimate of drug-likeness (QED) is 0.820. The molecule has 25 heavy (non-hydrogen) atoms. The standard InChI is InChI=1S/C19H28N2O3S/c1-24-11-12-25(22,23)21-9-4-6-16-14-20-10-8-15-5-2-3-7-17(15)19(20)13-18(16)21/h2-3,5,7,16,18-19H,4,6,8-14H2,1H3/t16-,18+,19+/m1/s1. The van der Waals surface area contributed by atoms with E-state index in [1.807, 2.05) is 4.31 Å². The molecule has 0 unspecified atom stereocenters. The van der Waals surface area contributed by atoms with Crippen molar-refractivity contribution >= 4 is 10.0 Å². The number of fused-ring (bicyclic) bond motifs is 4. The zero-order chi connectivity index (χ0) is 17.4. The smallest absolute Gasteiger partial charge is 0.216 e. The predicted octanol–water partition coefficient (Wildman–Crippen LogP) is 2.05. The van der Waals surface area contributed by atoms with E-state index in [0.29, 0.717) is 18.5 Å². The molecule has 0 radical (unpaired) electrons. The minimum atomic E-state index is -3.24. The maximum absolute atomic E-state index is 12.8. The number of rotatable bonds is 4. The molecule has 2 saturated heterocycles. The molecule has 0 bridgehead atoms. The van der Waals surface area contributed by atoms with E-state index < -0.39 is 10.0 Å². The van der Waals surface area contributed by atoms with Gasteiger partial charge < -0.3 is 4.74 Å². The maximum atomic E-state index is 12.8. The van der Waals surface area contributed by atoms with Crippen molar-refractivity contribution in [2.24, 2.45) is 5.92 Å². The van der Waals surface area contributed by atoms with Gasteiger partial charge in [0.2, 0.25) is 10.0 Å². The number of ether oxygens (including phenoxy) is 1. The highest BCUT2D eigenvalue weighted by Gasteiger charge is 2.45. The molecule has 1 aromatic carbocycles. The summed E-state index contributed by atoms with van der Waals surface area (Å²) in [5.74, 6) is 0.560. The molecule has 0 saturated carbocycles. The summed E-state index contributed by atoms with van der Waals surface area (Å²) in [6.45, 7) is 3.07. The number of piperidine rings is 2. The first kappa shape index (κ1) is 17.5. The van der Waals surface area contributed by atoms with Crippen molar-refractivity contribution in [1.82, 2.24) is 9.21 Å². The number of nitrogens with zero attached hydrogens (tertiary/aromatic N) is 2. The van der Waals surface area contributed by atoms with Gasteiger partial charge in [-0.3, -0.25) is 4.90 Å². The van der Waals surface area contributed by atoms with E-state index in [4.69, 9.17) is 4.74 Å². The van der Waals surface area contributed by atoms with Crippen molar-refractivity contribution in [1.29, 1.82) is 0 Å². The van der Waals surface area contributed by atoms with Crippen LogP contribution in [0, 0.1) is 5.92 Å². The first-order chi connectivity index (χ1) is 12.1. The zero-order valence-electron chi connectivity index (χ0n) is 14.9. The Morgan fingerprint density at radius 1 is 1.24 bits per heavy atom. The molecular weight excluding hydrogens is 336 g/mol. The fourth-order valence-electron chi connectivity index (χ4n) is 5.00. The van der Waals surface area contributed by atoms with Gasteiger partial charge in [-0.15, -0.1) is 0 Å². The van der Waals surface area contributed by atoms with Crippen molar-refractivity contribution in [2.45, 2.75) is 37.8 Å². The van der Waals surface area contributed by atoms with Gasteiger partial charge in [-0.1, -0.05) is 24.3 Å². The summed E-state index contributed by atoms with van der Waals surface area (Å²) in [6, 6.07) is 9.20. The Labute approximate surface area is 151 Å². The molecule has 3 heterocycles. The number of benzene rings is 1. The lowest BCUT2D eigenvalue weighted by molar-refractivity contribution is 0.0218. The third kappa shape index (κ3) is 3.25. The van der Waals surface area contributed by atoms with Crippen molar-refractivity contribution < 1.29 is 13.2 Å². The van der Waals surface area contributed by atoms with Crippen molar-refractivity contribution in [3.63, 3.8) is 0 Å². The highest BCUT2D eigenvalue weighted by atomic mass is 32.2. The third-order valence-corrected chi connectivity index (χ3v) is 8.08. The molecule has 138 valence electrons. The molecular formula is C19H28N2O3S. The van der Waals surface area contributed by atoms with Crippen LogP contribution in [-0.2, 0) is 21.2 Å². The molecule has 2 fully saturated rings. The van der Waals surface area contributed by atoms with E-state index >= 15 is 0 Å². The van der Waals surface area contributed by atoms with Gasteiger partial charge in [0, 0.05) is 38.8 Å². The van der Waals surface area contributed by atoms with Crippen molar-refractivity contribution in [2.75, 3.05) is 39.1 Å². The molecule has 6 heteroatoms. The summed E-state index contributed by atoms with van der Waals surface area (Å²) >= 11 is 0. The molecule has 0 amide bonds. The van der Waals surface area contributed by atoms with E-state index in [-0.39, 0.29) is 18.4 Å². The van der Waals surface area contributed by atoms with Gasteiger partial charge in [0.15, 0.2) is 0 Å². The van der Waals surface area contributed by atoms with Crippen LogP contribution in [0.1, 0.15) is 36.4 Å². The van der Waals surface area contributed by atoms with Crippen molar-refractivity contribution in [3.05, 3.63) is 35.4 Å². The van der Waals surface area contributed by atoms with Crippen LogP contribution in [0.2, 0.25) is 0 Å². The second kappa shape index (κ2) is 6.99. The SMILES string of the molecule is COCCS(=O)(=O)N1CCC[C@@H]2CN3CCc4ccccc4[C@@H]3C[C@@H]21. The first-order valence-electron chi connectivity index (χ1n) is 9.40. The second-order valence-electron chi connectivity index (χ2n) is 7.58. The summed E-state index contributed by atoms with van der Waals surface area (Å²) < 4.78 is 32.5. The van der Waals surface area contributed by atoms with Crippen LogP contribution < -0.4 is 0 Å². The lowest BCUT2D eigenvalue weighted by Crippen LogP contribution is -2.57. The average molecular weight is 365 g/mol. The number of hydrogen-bond acceptors (Lipinski definition) is 4. The fraction of sp³-hybridized carbons (Fsp3) is 0.684. The van der Waals surface area contributed by atoms with Crippen LogP contribution in [0.4, 0.5) is 0 Å². The van der Waals surface area contributed by atoms with E-state index in [0.717, 1.165) is 38.8 Å². The Balaban J connectivity index is 1.60. The molecule has 3 aliphatic rings. The zero-order valence-corrected chi connectivity index (χ0v) is 15.7. The third-order valence-electron chi connectivity index (χ3n) is 6.23. The average Bonchev–Trinajstić information content (AvgIpc) is 2.64. The Morgan fingerprint density at radius 3 is 2.92 bits per heavy atom. The minimum absolute atomic E-state index is 0.0949. The maximum Gasteiger partial charge on any atom is 0.216 e. The van der Waals surface area contributed by atoms with Crippen LogP contribution in [0.25, 0.3) is 0 Å². The molecule has 0 N–H and O–H groups in total. The normalized spacial score (nSPS) is 30.4. The number of sulfonamides is 1. The van der Waals surface area contributed by atoms with Gasteiger partial charge in [-0.05, 0) is 42.7 Å². The largest absolute Gasteiger partial charge is 0.384 e. The number of methoxy groups -OCH3 is 1. The Morgan fingerprint density at radius 2 is 2.08 bits per heavy atom. The van der Waals surface area contributed by atoms with Gasteiger partial charge in [-0.2, -0.15) is 4.31 Å². The van der Waals surface area contributed by atoms with Gasteiger partial charge in [0.05, 0.1) is 12.4 Å². The van der Waals surface area contributed by atoms with E-state index in [9.17, 15) is 8.42 Å². The van der Waals surface area contributed by atoms with Gasteiger partial charge in [0.25, 0.3) is 0 Å². The Bertz CT molecular complexity index is 721. The molecule has 4 rings (SSSR count). The fourth-order valence-corrected chi connectivity index (χ4v) is 6.69.